The summed E-state index contributed by atoms with van der Waals surface area (Å²) in [6.07, 6.45) is 1.53. The first-order valence-electron chi connectivity index (χ1n) is 11.1. The Morgan fingerprint density at radius 1 is 0.848 bits per heavy atom. The van der Waals surface area contributed by atoms with Gasteiger partial charge in [-0.05, 0) is 81.1 Å². The molecule has 5 heteroatoms. The predicted molar refractivity (Wildman–Crippen MR) is 134 cm³/mol. The number of aryl methyl sites for hydroxylation is 3. The standard InChI is InChI=1S/C28H27ClO4/c1-18-10-12-21(13-11-18)31-14-6-7-15-32-28-26(30)23-16-19(2)20(3)17-25(23)33-27(28)22-8-4-5-9-24(22)29/h4-5,8-13,16-17H,6-7,14-15H2,1-3H3. The van der Waals surface area contributed by atoms with Crippen molar-refractivity contribution in [1.29, 1.82) is 0 Å². The van der Waals surface area contributed by atoms with Crippen LogP contribution >= 0.6 is 11.6 Å². The largest absolute Gasteiger partial charge is 0.494 e. The predicted octanol–water partition coefficient (Wildman–Crippen LogP) is 7.28. The number of hydrogen-bond acceptors (Lipinski definition) is 4. The average molecular weight is 463 g/mol. The molecule has 0 unspecified atom stereocenters. The van der Waals surface area contributed by atoms with Crippen LogP contribution in [0.4, 0.5) is 0 Å². The third-order valence-electron chi connectivity index (χ3n) is 5.66. The Labute approximate surface area is 198 Å². The number of ether oxygens (including phenoxy) is 2. The van der Waals surface area contributed by atoms with Gasteiger partial charge in [0.25, 0.3) is 0 Å². The van der Waals surface area contributed by atoms with Crippen molar-refractivity contribution in [3.05, 3.63) is 92.6 Å². The van der Waals surface area contributed by atoms with Crippen LogP contribution in [-0.2, 0) is 0 Å². The second-order valence-corrected chi connectivity index (χ2v) is 8.63. The van der Waals surface area contributed by atoms with E-state index in [0.717, 1.165) is 29.7 Å². The number of fused-ring (bicyclic) bond motifs is 1. The van der Waals surface area contributed by atoms with Gasteiger partial charge in [0.1, 0.15) is 11.3 Å². The van der Waals surface area contributed by atoms with Crippen molar-refractivity contribution in [1.82, 2.24) is 0 Å². The fraction of sp³-hybridized carbons (Fsp3) is 0.250. The maximum atomic E-state index is 13.4. The molecule has 4 rings (SSSR count). The molecule has 170 valence electrons. The molecule has 4 aromatic rings. The van der Waals surface area contributed by atoms with Gasteiger partial charge in [0.15, 0.2) is 5.76 Å². The minimum atomic E-state index is -0.190. The van der Waals surface area contributed by atoms with Gasteiger partial charge in [0, 0.05) is 5.56 Å². The lowest BCUT2D eigenvalue weighted by atomic mass is 10.0. The van der Waals surface area contributed by atoms with Crippen molar-refractivity contribution in [3.63, 3.8) is 0 Å². The van der Waals surface area contributed by atoms with Crippen molar-refractivity contribution in [2.45, 2.75) is 33.6 Å². The topological polar surface area (TPSA) is 48.7 Å². The minimum Gasteiger partial charge on any atom is -0.494 e. The first-order chi connectivity index (χ1) is 15.9. The van der Waals surface area contributed by atoms with E-state index < -0.39 is 0 Å². The highest BCUT2D eigenvalue weighted by molar-refractivity contribution is 6.33. The number of hydrogen-bond donors (Lipinski definition) is 0. The van der Waals surface area contributed by atoms with E-state index in [9.17, 15) is 4.79 Å². The van der Waals surface area contributed by atoms with Crippen LogP contribution in [0.5, 0.6) is 11.5 Å². The zero-order valence-corrected chi connectivity index (χ0v) is 19.9. The van der Waals surface area contributed by atoms with E-state index in [-0.39, 0.29) is 11.2 Å². The molecule has 3 aromatic carbocycles. The van der Waals surface area contributed by atoms with Crippen LogP contribution in [0.15, 0.2) is 69.9 Å². The summed E-state index contributed by atoms with van der Waals surface area (Å²) in [5, 5.41) is 1.01. The van der Waals surface area contributed by atoms with Crippen LogP contribution in [0.25, 0.3) is 22.3 Å². The van der Waals surface area contributed by atoms with Gasteiger partial charge in [-0.2, -0.15) is 0 Å². The van der Waals surface area contributed by atoms with Gasteiger partial charge in [-0.15, -0.1) is 0 Å². The third kappa shape index (κ3) is 5.23. The molecule has 0 bridgehead atoms. The van der Waals surface area contributed by atoms with Gasteiger partial charge >= 0.3 is 0 Å². The molecule has 0 N–H and O–H groups in total. The van der Waals surface area contributed by atoms with Crippen LogP contribution in [0, 0.1) is 20.8 Å². The second-order valence-electron chi connectivity index (χ2n) is 8.22. The Balaban J connectivity index is 1.54. The molecule has 1 aromatic heterocycles. The highest BCUT2D eigenvalue weighted by atomic mass is 35.5. The quantitative estimate of drug-likeness (QED) is 0.258. The fourth-order valence-corrected chi connectivity index (χ4v) is 3.81. The Bertz CT molecular complexity index is 1320. The smallest absolute Gasteiger partial charge is 0.235 e. The van der Waals surface area contributed by atoms with Gasteiger partial charge in [0.05, 0.1) is 23.6 Å². The Morgan fingerprint density at radius 2 is 1.52 bits per heavy atom. The maximum absolute atomic E-state index is 13.4. The van der Waals surface area contributed by atoms with Gasteiger partial charge in [0.2, 0.25) is 11.2 Å². The molecule has 0 fully saturated rings. The summed E-state index contributed by atoms with van der Waals surface area (Å²) in [5.41, 5.74) is 4.25. The summed E-state index contributed by atoms with van der Waals surface area (Å²) < 4.78 is 18.0. The maximum Gasteiger partial charge on any atom is 0.235 e. The summed E-state index contributed by atoms with van der Waals surface area (Å²) in [6, 6.07) is 19.0. The van der Waals surface area contributed by atoms with Crippen LogP contribution in [-0.4, -0.2) is 13.2 Å². The Morgan fingerprint density at radius 3 is 2.24 bits per heavy atom. The Kier molecular flexibility index (Phi) is 7.05. The van der Waals surface area contributed by atoms with Crippen molar-refractivity contribution in [2.24, 2.45) is 0 Å². The van der Waals surface area contributed by atoms with E-state index in [1.54, 1.807) is 6.07 Å². The summed E-state index contributed by atoms with van der Waals surface area (Å²) in [5.74, 6) is 1.40. The molecule has 0 saturated carbocycles. The lowest BCUT2D eigenvalue weighted by molar-refractivity contribution is 0.263. The zero-order valence-electron chi connectivity index (χ0n) is 19.1. The van der Waals surface area contributed by atoms with Gasteiger partial charge in [-0.3, -0.25) is 4.79 Å². The van der Waals surface area contributed by atoms with Crippen molar-refractivity contribution in [3.8, 4) is 22.8 Å². The number of benzene rings is 3. The molecule has 1 heterocycles. The number of rotatable bonds is 8. The van der Waals surface area contributed by atoms with Gasteiger partial charge < -0.3 is 13.9 Å². The lowest BCUT2D eigenvalue weighted by Gasteiger charge is -2.13. The minimum absolute atomic E-state index is 0.190. The van der Waals surface area contributed by atoms with E-state index in [4.69, 9.17) is 25.5 Å². The summed E-state index contributed by atoms with van der Waals surface area (Å²) in [6.45, 7) is 6.96. The molecule has 0 aliphatic carbocycles. The number of unbranched alkanes of at least 4 members (excludes halogenated alkanes) is 1. The summed E-state index contributed by atoms with van der Waals surface area (Å²) in [7, 11) is 0. The molecule has 0 spiro atoms. The van der Waals surface area contributed by atoms with Crippen LogP contribution in [0.3, 0.4) is 0 Å². The summed E-state index contributed by atoms with van der Waals surface area (Å²) >= 11 is 6.43. The second kappa shape index (κ2) is 10.1. The van der Waals surface area contributed by atoms with Gasteiger partial charge in [-0.25, -0.2) is 0 Å². The van der Waals surface area contributed by atoms with E-state index in [1.807, 2.05) is 75.4 Å². The lowest BCUT2D eigenvalue weighted by Crippen LogP contribution is -2.12. The van der Waals surface area contributed by atoms with Gasteiger partial charge in [-0.1, -0.05) is 41.4 Å². The third-order valence-corrected chi connectivity index (χ3v) is 5.99. The van der Waals surface area contributed by atoms with Crippen LogP contribution < -0.4 is 14.9 Å². The van der Waals surface area contributed by atoms with E-state index in [2.05, 4.69) is 0 Å². The first kappa shape index (κ1) is 22.9. The molecular weight excluding hydrogens is 436 g/mol. The van der Waals surface area contributed by atoms with Crippen LogP contribution in [0.1, 0.15) is 29.5 Å². The first-order valence-corrected chi connectivity index (χ1v) is 11.5. The highest BCUT2D eigenvalue weighted by Gasteiger charge is 2.20. The molecule has 0 aliphatic rings. The molecule has 0 atom stereocenters. The molecule has 33 heavy (non-hydrogen) atoms. The molecule has 0 saturated heterocycles. The average Bonchev–Trinajstić information content (AvgIpc) is 2.80. The zero-order chi connectivity index (χ0) is 23.4. The van der Waals surface area contributed by atoms with E-state index in [0.29, 0.717) is 40.5 Å². The van der Waals surface area contributed by atoms with E-state index >= 15 is 0 Å². The summed E-state index contributed by atoms with van der Waals surface area (Å²) in [4.78, 5) is 13.4. The van der Waals surface area contributed by atoms with Crippen LogP contribution in [0.2, 0.25) is 5.02 Å². The van der Waals surface area contributed by atoms with Crippen molar-refractivity contribution >= 4 is 22.6 Å². The molecule has 0 amide bonds. The normalized spacial score (nSPS) is 11.0. The highest BCUT2D eigenvalue weighted by Crippen LogP contribution is 2.35. The molecule has 0 aliphatic heterocycles. The monoisotopic (exact) mass is 462 g/mol. The molecule has 4 nitrogen and oxygen atoms in total. The van der Waals surface area contributed by atoms with E-state index in [1.165, 1.54) is 5.56 Å². The van der Waals surface area contributed by atoms with Crippen molar-refractivity contribution in [2.75, 3.05) is 13.2 Å². The fourth-order valence-electron chi connectivity index (χ4n) is 3.59. The molecule has 0 radical (unpaired) electrons. The molecular formula is C28H27ClO4. The SMILES string of the molecule is Cc1ccc(OCCCCOc2c(-c3ccccc3Cl)oc3cc(C)c(C)cc3c2=O)cc1. The Hall–Kier alpha value is -3.24. The number of halogens is 1. The van der Waals surface area contributed by atoms with Crippen molar-refractivity contribution < 1.29 is 13.9 Å².